The van der Waals surface area contributed by atoms with E-state index in [9.17, 15) is 4.39 Å². The molecule has 1 heterocycles. The van der Waals surface area contributed by atoms with Gasteiger partial charge in [-0.1, -0.05) is 19.9 Å². The summed E-state index contributed by atoms with van der Waals surface area (Å²) >= 11 is 0. The Morgan fingerprint density at radius 1 is 1.35 bits per heavy atom. The molecule has 2 unspecified atom stereocenters. The van der Waals surface area contributed by atoms with E-state index in [1.807, 2.05) is 6.07 Å². The lowest BCUT2D eigenvalue weighted by Crippen LogP contribution is -2.32. The smallest absolute Gasteiger partial charge is 0.146 e. The second-order valence-electron chi connectivity index (χ2n) is 6.80. The average molecular weight is 276 g/mol. The predicted molar refractivity (Wildman–Crippen MR) is 81.4 cm³/mol. The number of halogens is 1. The molecular weight excluding hydrogens is 251 g/mol. The van der Waals surface area contributed by atoms with Gasteiger partial charge in [-0.25, -0.2) is 4.39 Å². The number of nitrogens with one attached hydrogen (secondary N) is 1. The lowest BCUT2D eigenvalue weighted by Gasteiger charge is -2.29. The molecule has 110 valence electrons. The number of nitrogens with zero attached hydrogens (tertiary/aromatic N) is 1. The summed E-state index contributed by atoms with van der Waals surface area (Å²) in [4.78, 5) is 2.29. The zero-order chi connectivity index (χ0) is 14.1. The number of benzene rings is 1. The molecule has 1 aliphatic heterocycles. The molecule has 1 saturated heterocycles. The Morgan fingerprint density at radius 3 is 2.80 bits per heavy atom. The van der Waals surface area contributed by atoms with Crippen LogP contribution >= 0.6 is 0 Å². The number of rotatable bonds is 5. The molecule has 2 fully saturated rings. The molecule has 20 heavy (non-hydrogen) atoms. The van der Waals surface area contributed by atoms with E-state index in [2.05, 4.69) is 30.1 Å². The first-order valence-electron chi connectivity index (χ1n) is 7.89. The van der Waals surface area contributed by atoms with Crippen LogP contribution in [0, 0.1) is 17.7 Å². The molecule has 0 amide bonds. The number of piperidine rings is 1. The summed E-state index contributed by atoms with van der Waals surface area (Å²) in [5.74, 6) is 1.37. The van der Waals surface area contributed by atoms with Gasteiger partial charge in [-0.15, -0.1) is 0 Å². The van der Waals surface area contributed by atoms with Crippen LogP contribution in [0.1, 0.15) is 38.7 Å². The van der Waals surface area contributed by atoms with E-state index in [0.717, 1.165) is 36.8 Å². The van der Waals surface area contributed by atoms with Gasteiger partial charge in [-0.2, -0.15) is 0 Å². The van der Waals surface area contributed by atoms with Crippen LogP contribution in [0.3, 0.4) is 0 Å². The highest BCUT2D eigenvalue weighted by Crippen LogP contribution is 2.40. The third-order valence-corrected chi connectivity index (χ3v) is 4.61. The molecule has 3 heteroatoms. The summed E-state index contributed by atoms with van der Waals surface area (Å²) in [5, 5.41) is 3.36. The average Bonchev–Trinajstić information content (AvgIpc) is 3.00. The van der Waals surface area contributed by atoms with Crippen LogP contribution in [-0.2, 0) is 6.54 Å². The SMILES string of the molecule is CC(C)CNCc1ccc(N2CC3CCC2C3)c(F)c1. The van der Waals surface area contributed by atoms with E-state index >= 15 is 0 Å². The van der Waals surface area contributed by atoms with Gasteiger partial charge in [-0.3, -0.25) is 0 Å². The maximum Gasteiger partial charge on any atom is 0.146 e. The second kappa shape index (κ2) is 5.72. The number of fused-ring (bicyclic) bond motifs is 2. The van der Waals surface area contributed by atoms with Gasteiger partial charge >= 0.3 is 0 Å². The maximum absolute atomic E-state index is 14.3. The molecule has 2 aliphatic rings. The Morgan fingerprint density at radius 2 is 2.20 bits per heavy atom. The van der Waals surface area contributed by atoms with Crippen molar-refractivity contribution in [2.75, 3.05) is 18.0 Å². The fraction of sp³-hybridized carbons (Fsp3) is 0.647. The molecular formula is C17H25FN2. The number of hydrogen-bond donors (Lipinski definition) is 1. The summed E-state index contributed by atoms with van der Waals surface area (Å²) < 4.78 is 14.3. The summed E-state index contributed by atoms with van der Waals surface area (Å²) in [7, 11) is 0. The van der Waals surface area contributed by atoms with E-state index in [4.69, 9.17) is 0 Å². The highest BCUT2D eigenvalue weighted by molar-refractivity contribution is 5.51. The Kier molecular flexibility index (Phi) is 3.97. The monoisotopic (exact) mass is 276 g/mol. The van der Waals surface area contributed by atoms with Crippen molar-refractivity contribution in [3.8, 4) is 0 Å². The van der Waals surface area contributed by atoms with Gasteiger partial charge in [0.1, 0.15) is 5.82 Å². The van der Waals surface area contributed by atoms with Gasteiger partial charge < -0.3 is 10.2 Å². The van der Waals surface area contributed by atoms with Crippen molar-refractivity contribution < 1.29 is 4.39 Å². The Labute approximate surface area is 121 Å². The number of anilines is 1. The van der Waals surface area contributed by atoms with Gasteiger partial charge in [0, 0.05) is 19.1 Å². The lowest BCUT2D eigenvalue weighted by molar-refractivity contribution is 0.537. The molecule has 3 rings (SSSR count). The van der Waals surface area contributed by atoms with E-state index < -0.39 is 0 Å². The maximum atomic E-state index is 14.3. The third kappa shape index (κ3) is 2.83. The lowest BCUT2D eigenvalue weighted by atomic mass is 10.1. The van der Waals surface area contributed by atoms with Crippen molar-refractivity contribution in [1.29, 1.82) is 0 Å². The predicted octanol–water partition coefficient (Wildman–Crippen LogP) is 3.56. The molecule has 1 saturated carbocycles. The standard InChI is InChI=1S/C17H25FN2/c1-12(2)9-19-10-13-4-6-17(16(18)8-13)20-11-14-3-5-15(20)7-14/h4,6,8,12,14-15,19H,3,5,7,9-11H2,1-2H3. The minimum atomic E-state index is -0.0543. The molecule has 1 aromatic carbocycles. The fourth-order valence-corrected chi connectivity index (χ4v) is 3.62. The van der Waals surface area contributed by atoms with E-state index in [1.54, 1.807) is 6.07 Å². The van der Waals surface area contributed by atoms with Crippen LogP contribution in [0.5, 0.6) is 0 Å². The van der Waals surface area contributed by atoms with E-state index in [1.165, 1.54) is 19.3 Å². The zero-order valence-corrected chi connectivity index (χ0v) is 12.5. The summed E-state index contributed by atoms with van der Waals surface area (Å²) in [6.07, 6.45) is 3.83. The topological polar surface area (TPSA) is 15.3 Å². The first-order chi connectivity index (χ1) is 9.63. The van der Waals surface area contributed by atoms with Gasteiger partial charge in [-0.05, 0) is 55.3 Å². The van der Waals surface area contributed by atoms with E-state index in [-0.39, 0.29) is 5.82 Å². The van der Waals surface area contributed by atoms with E-state index in [0.29, 0.717) is 12.0 Å². The Hall–Kier alpha value is -1.09. The van der Waals surface area contributed by atoms with Crippen molar-refractivity contribution in [3.05, 3.63) is 29.6 Å². The normalized spacial score (nSPS) is 24.9. The minimum absolute atomic E-state index is 0.0543. The highest BCUT2D eigenvalue weighted by atomic mass is 19.1. The van der Waals surface area contributed by atoms with Crippen molar-refractivity contribution in [1.82, 2.24) is 5.32 Å². The van der Waals surface area contributed by atoms with Crippen LogP contribution in [-0.4, -0.2) is 19.1 Å². The van der Waals surface area contributed by atoms with Crippen LogP contribution in [0.25, 0.3) is 0 Å². The van der Waals surface area contributed by atoms with Crippen LogP contribution in [0.2, 0.25) is 0 Å². The molecule has 1 aliphatic carbocycles. The molecule has 0 radical (unpaired) electrons. The molecule has 0 aromatic heterocycles. The molecule has 0 spiro atoms. The van der Waals surface area contributed by atoms with Gasteiger partial charge in [0.25, 0.3) is 0 Å². The highest BCUT2D eigenvalue weighted by Gasteiger charge is 2.38. The fourth-order valence-electron chi connectivity index (χ4n) is 3.62. The molecule has 2 nitrogen and oxygen atoms in total. The first kappa shape index (κ1) is 13.9. The molecule has 1 aromatic rings. The van der Waals surface area contributed by atoms with Crippen molar-refractivity contribution in [3.63, 3.8) is 0 Å². The minimum Gasteiger partial charge on any atom is -0.366 e. The summed E-state index contributed by atoms with van der Waals surface area (Å²) in [6.45, 7) is 7.13. The van der Waals surface area contributed by atoms with Gasteiger partial charge in [0.15, 0.2) is 0 Å². The van der Waals surface area contributed by atoms with Crippen LogP contribution < -0.4 is 10.2 Å². The third-order valence-electron chi connectivity index (χ3n) is 4.61. The molecule has 1 N–H and O–H groups in total. The van der Waals surface area contributed by atoms with Gasteiger partial charge in [0.2, 0.25) is 0 Å². The van der Waals surface area contributed by atoms with Crippen LogP contribution in [0.4, 0.5) is 10.1 Å². The second-order valence-corrected chi connectivity index (χ2v) is 6.80. The summed E-state index contributed by atoms with van der Waals surface area (Å²) in [5.41, 5.74) is 1.85. The van der Waals surface area contributed by atoms with Crippen molar-refractivity contribution >= 4 is 5.69 Å². The van der Waals surface area contributed by atoms with Crippen molar-refractivity contribution in [2.45, 2.75) is 45.7 Å². The largest absolute Gasteiger partial charge is 0.366 e. The Bertz CT molecular complexity index is 472. The number of hydrogen-bond acceptors (Lipinski definition) is 2. The van der Waals surface area contributed by atoms with Crippen molar-refractivity contribution in [2.24, 2.45) is 11.8 Å². The first-order valence-corrected chi connectivity index (χ1v) is 7.89. The van der Waals surface area contributed by atoms with Crippen LogP contribution in [0.15, 0.2) is 18.2 Å². The van der Waals surface area contributed by atoms with Gasteiger partial charge in [0.05, 0.1) is 5.69 Å². The quantitative estimate of drug-likeness (QED) is 0.884. The molecule has 2 bridgehead atoms. The zero-order valence-electron chi connectivity index (χ0n) is 12.5. The summed E-state index contributed by atoms with van der Waals surface area (Å²) in [6, 6.07) is 6.33. The Balaban J connectivity index is 1.65. The molecule has 2 atom stereocenters.